The minimum absolute atomic E-state index is 0.675. The van der Waals surface area contributed by atoms with E-state index in [4.69, 9.17) is 5.26 Å². The molecule has 42 heavy (non-hydrogen) atoms. The fraction of sp³-hybridized carbons (Fsp3) is 0. The van der Waals surface area contributed by atoms with E-state index in [0.717, 1.165) is 11.1 Å². The second kappa shape index (κ2) is 9.73. The maximum Gasteiger partial charge on any atom is 0.0991 e. The maximum atomic E-state index is 9.16. The summed E-state index contributed by atoms with van der Waals surface area (Å²) in [5, 5.41) is 19.4. The van der Waals surface area contributed by atoms with Crippen LogP contribution < -0.4 is 0 Å². The number of fused-ring (bicyclic) bond motifs is 8. The normalized spacial score (nSPS) is 11.3. The Kier molecular flexibility index (Phi) is 5.59. The third kappa shape index (κ3) is 3.85. The van der Waals surface area contributed by atoms with Gasteiger partial charge in [0.2, 0.25) is 0 Å². The van der Waals surface area contributed by atoms with Gasteiger partial charge in [0, 0.05) is 0 Å². The highest BCUT2D eigenvalue weighted by Crippen LogP contribution is 2.43. The molecule has 0 saturated carbocycles. The third-order valence-electron chi connectivity index (χ3n) is 8.49. The Balaban J connectivity index is 1.38. The van der Waals surface area contributed by atoms with Crippen molar-refractivity contribution in [3.05, 3.63) is 157 Å². The van der Waals surface area contributed by atoms with Crippen molar-refractivity contribution >= 4 is 43.1 Å². The van der Waals surface area contributed by atoms with Crippen molar-refractivity contribution in [3.63, 3.8) is 0 Å². The lowest BCUT2D eigenvalue weighted by atomic mass is 9.86. The van der Waals surface area contributed by atoms with Crippen LogP contribution in [0.15, 0.2) is 152 Å². The molecule has 0 amide bonds. The van der Waals surface area contributed by atoms with Crippen LogP contribution in [0.1, 0.15) is 5.56 Å². The van der Waals surface area contributed by atoms with Crippen LogP contribution in [-0.2, 0) is 0 Å². The van der Waals surface area contributed by atoms with Gasteiger partial charge in [-0.1, -0.05) is 127 Å². The molecule has 194 valence electrons. The molecule has 0 radical (unpaired) electrons. The Morgan fingerprint density at radius 3 is 1.52 bits per heavy atom. The Morgan fingerprint density at radius 2 is 0.833 bits per heavy atom. The first-order valence-electron chi connectivity index (χ1n) is 14.2. The summed E-state index contributed by atoms with van der Waals surface area (Å²) in [6.07, 6.45) is 0. The van der Waals surface area contributed by atoms with E-state index < -0.39 is 0 Å². The molecular formula is C41H25N. The molecule has 0 aliphatic carbocycles. The van der Waals surface area contributed by atoms with Gasteiger partial charge in [-0.15, -0.1) is 0 Å². The zero-order valence-electron chi connectivity index (χ0n) is 22.9. The van der Waals surface area contributed by atoms with E-state index in [1.54, 1.807) is 0 Å². The molecule has 0 aliphatic rings. The average Bonchev–Trinajstić information content (AvgIpc) is 3.08. The molecule has 0 fully saturated rings. The van der Waals surface area contributed by atoms with E-state index in [9.17, 15) is 0 Å². The van der Waals surface area contributed by atoms with Gasteiger partial charge in [-0.2, -0.15) is 5.26 Å². The standard InChI is InChI=1S/C41H25N/c42-26-27-14-16-29(17-15-27)30-18-20-31(21-19-30)38-25-40-34-11-5-4-10-33(34)39-24-32(28-8-2-1-3-9-28)22-23-37(39)41(40)36-13-7-6-12-35(36)38/h1-25H. The number of benzene rings is 8. The molecule has 0 atom stereocenters. The van der Waals surface area contributed by atoms with Crippen molar-refractivity contribution in [2.45, 2.75) is 0 Å². The molecule has 8 aromatic carbocycles. The van der Waals surface area contributed by atoms with Gasteiger partial charge in [0.05, 0.1) is 11.6 Å². The minimum Gasteiger partial charge on any atom is -0.192 e. The third-order valence-corrected chi connectivity index (χ3v) is 8.49. The summed E-state index contributed by atoms with van der Waals surface area (Å²) in [7, 11) is 0. The molecule has 0 spiro atoms. The quantitative estimate of drug-likeness (QED) is 0.208. The van der Waals surface area contributed by atoms with Gasteiger partial charge in [-0.3, -0.25) is 0 Å². The topological polar surface area (TPSA) is 23.8 Å². The van der Waals surface area contributed by atoms with Crippen molar-refractivity contribution in [2.75, 3.05) is 0 Å². The SMILES string of the molecule is N#Cc1ccc(-c2ccc(-c3cc4c5ccccc5c5cc(-c6ccccc6)ccc5c4c4ccccc34)cc2)cc1. The predicted octanol–water partition coefficient (Wildman–Crippen LogP) is 11.2. The van der Waals surface area contributed by atoms with Gasteiger partial charge in [0.15, 0.2) is 0 Å². The summed E-state index contributed by atoms with van der Waals surface area (Å²) in [4.78, 5) is 0. The number of hydrogen-bond donors (Lipinski definition) is 0. The number of hydrogen-bond acceptors (Lipinski definition) is 1. The van der Waals surface area contributed by atoms with Gasteiger partial charge < -0.3 is 0 Å². The summed E-state index contributed by atoms with van der Waals surface area (Å²) >= 11 is 0. The van der Waals surface area contributed by atoms with Gasteiger partial charge >= 0.3 is 0 Å². The van der Waals surface area contributed by atoms with Crippen LogP contribution in [0.25, 0.3) is 76.5 Å². The fourth-order valence-corrected chi connectivity index (χ4v) is 6.44. The van der Waals surface area contributed by atoms with E-state index in [1.807, 2.05) is 24.3 Å². The Bertz CT molecular complexity index is 2320. The molecule has 8 rings (SSSR count). The molecular weight excluding hydrogens is 506 g/mol. The highest BCUT2D eigenvalue weighted by atomic mass is 14.2. The Morgan fingerprint density at radius 1 is 0.333 bits per heavy atom. The van der Waals surface area contributed by atoms with Crippen LogP contribution >= 0.6 is 0 Å². The molecule has 0 heterocycles. The molecule has 0 aromatic heterocycles. The molecule has 0 N–H and O–H groups in total. The first-order chi connectivity index (χ1) is 20.8. The lowest BCUT2D eigenvalue weighted by Gasteiger charge is -2.17. The van der Waals surface area contributed by atoms with Gasteiger partial charge in [0.1, 0.15) is 0 Å². The average molecular weight is 532 g/mol. The number of rotatable bonds is 3. The van der Waals surface area contributed by atoms with Crippen molar-refractivity contribution in [1.82, 2.24) is 0 Å². The largest absolute Gasteiger partial charge is 0.192 e. The molecule has 8 aromatic rings. The Hall–Kier alpha value is -5.71. The molecule has 0 saturated heterocycles. The summed E-state index contributed by atoms with van der Waals surface area (Å²) in [6, 6.07) is 56.3. The fourth-order valence-electron chi connectivity index (χ4n) is 6.44. The second-order valence-electron chi connectivity index (χ2n) is 10.8. The van der Waals surface area contributed by atoms with Crippen LogP contribution in [0, 0.1) is 11.3 Å². The monoisotopic (exact) mass is 531 g/mol. The van der Waals surface area contributed by atoms with Crippen LogP contribution in [0.3, 0.4) is 0 Å². The minimum atomic E-state index is 0.675. The molecule has 1 heteroatoms. The van der Waals surface area contributed by atoms with Crippen molar-refractivity contribution in [2.24, 2.45) is 0 Å². The van der Waals surface area contributed by atoms with Gasteiger partial charge in [0.25, 0.3) is 0 Å². The highest BCUT2D eigenvalue weighted by molar-refractivity contribution is 6.33. The highest BCUT2D eigenvalue weighted by Gasteiger charge is 2.15. The van der Waals surface area contributed by atoms with Crippen LogP contribution in [-0.4, -0.2) is 0 Å². The summed E-state index contributed by atoms with van der Waals surface area (Å²) < 4.78 is 0. The first kappa shape index (κ1) is 24.1. The van der Waals surface area contributed by atoms with Crippen molar-refractivity contribution in [1.29, 1.82) is 5.26 Å². The predicted molar refractivity (Wildman–Crippen MR) is 177 cm³/mol. The van der Waals surface area contributed by atoms with Crippen molar-refractivity contribution in [3.8, 4) is 39.4 Å². The van der Waals surface area contributed by atoms with Gasteiger partial charge in [-0.05, 0) is 101 Å². The zero-order valence-corrected chi connectivity index (χ0v) is 22.9. The van der Waals surface area contributed by atoms with E-state index >= 15 is 0 Å². The summed E-state index contributed by atoms with van der Waals surface area (Å²) in [5.41, 5.74) is 7.80. The van der Waals surface area contributed by atoms with Crippen molar-refractivity contribution < 1.29 is 0 Å². The molecule has 0 bridgehead atoms. The first-order valence-corrected chi connectivity index (χ1v) is 14.2. The molecule has 1 nitrogen and oxygen atoms in total. The molecule has 0 aliphatic heterocycles. The summed E-state index contributed by atoms with van der Waals surface area (Å²) in [6.45, 7) is 0. The number of nitrogens with zero attached hydrogens (tertiary/aromatic N) is 1. The zero-order chi connectivity index (χ0) is 28.0. The van der Waals surface area contributed by atoms with E-state index in [-0.39, 0.29) is 0 Å². The lowest BCUT2D eigenvalue weighted by molar-refractivity contribution is 1.48. The summed E-state index contributed by atoms with van der Waals surface area (Å²) in [5.74, 6) is 0. The van der Waals surface area contributed by atoms with Crippen LogP contribution in [0.2, 0.25) is 0 Å². The van der Waals surface area contributed by atoms with E-state index in [0.29, 0.717) is 5.56 Å². The Labute approximate surface area is 244 Å². The second-order valence-corrected chi connectivity index (χ2v) is 10.8. The maximum absolute atomic E-state index is 9.16. The molecule has 0 unspecified atom stereocenters. The van der Waals surface area contributed by atoms with E-state index in [2.05, 4.69) is 133 Å². The van der Waals surface area contributed by atoms with Crippen LogP contribution in [0.4, 0.5) is 0 Å². The van der Waals surface area contributed by atoms with Crippen LogP contribution in [0.5, 0.6) is 0 Å². The van der Waals surface area contributed by atoms with Gasteiger partial charge in [-0.25, -0.2) is 0 Å². The van der Waals surface area contributed by atoms with E-state index in [1.165, 1.54) is 65.3 Å². The smallest absolute Gasteiger partial charge is 0.0991 e. The lowest BCUT2D eigenvalue weighted by Crippen LogP contribution is -1.89. The number of nitriles is 1.